The van der Waals surface area contributed by atoms with Gasteiger partial charge in [-0.1, -0.05) is 12.1 Å². The van der Waals surface area contributed by atoms with E-state index in [1.54, 1.807) is 0 Å². The Balaban J connectivity index is 3.18. The van der Waals surface area contributed by atoms with Gasteiger partial charge < -0.3 is 15.6 Å². The Morgan fingerprint density at radius 2 is 2.16 bits per heavy atom. The lowest BCUT2D eigenvalue weighted by Crippen LogP contribution is -2.20. The van der Waals surface area contributed by atoms with Gasteiger partial charge in [0, 0.05) is 30.5 Å². The molecule has 106 valence electrons. The van der Waals surface area contributed by atoms with Crippen LogP contribution in [0.15, 0.2) is 18.2 Å². The third kappa shape index (κ3) is 3.89. The minimum Gasteiger partial charge on any atom is -0.496 e. The van der Waals surface area contributed by atoms with Crippen LogP contribution in [-0.4, -0.2) is 18.2 Å². The lowest BCUT2D eigenvalue weighted by Gasteiger charge is -2.22. The molecular formula is C13H17F2NO3. The largest absolute Gasteiger partial charge is 0.496 e. The molecule has 0 radical (unpaired) electrons. The zero-order valence-electron chi connectivity index (χ0n) is 10.8. The van der Waals surface area contributed by atoms with E-state index in [2.05, 4.69) is 0 Å². The van der Waals surface area contributed by atoms with Crippen LogP contribution in [-0.2, 0) is 10.7 Å². The van der Waals surface area contributed by atoms with Gasteiger partial charge >= 0.3 is 5.97 Å². The molecule has 1 rings (SSSR count). The highest BCUT2D eigenvalue weighted by Gasteiger charge is 2.31. The van der Waals surface area contributed by atoms with Gasteiger partial charge in [-0.2, -0.15) is 0 Å². The van der Waals surface area contributed by atoms with Gasteiger partial charge in [-0.15, -0.1) is 0 Å². The number of rotatable bonds is 6. The van der Waals surface area contributed by atoms with Gasteiger partial charge in [0.1, 0.15) is 5.75 Å². The van der Waals surface area contributed by atoms with E-state index in [1.807, 2.05) is 0 Å². The molecule has 6 heteroatoms. The number of carboxylic acid groups (broad SMARTS) is 1. The topological polar surface area (TPSA) is 72.5 Å². The number of aliphatic carboxylic acids is 1. The van der Waals surface area contributed by atoms with Gasteiger partial charge in [0.25, 0.3) is 5.92 Å². The molecule has 1 unspecified atom stereocenters. The van der Waals surface area contributed by atoms with Crippen LogP contribution >= 0.6 is 0 Å². The van der Waals surface area contributed by atoms with Crippen molar-refractivity contribution in [1.82, 2.24) is 0 Å². The van der Waals surface area contributed by atoms with Crippen LogP contribution in [0.25, 0.3) is 0 Å². The first-order valence-corrected chi connectivity index (χ1v) is 5.80. The molecule has 19 heavy (non-hydrogen) atoms. The second-order valence-electron chi connectivity index (χ2n) is 4.35. The predicted molar refractivity (Wildman–Crippen MR) is 66.4 cm³/mol. The first kappa shape index (κ1) is 15.4. The Bertz CT molecular complexity index is 458. The SMILES string of the molecule is COc1cccc(C(C)(F)F)c1C(N)CCC(=O)O. The van der Waals surface area contributed by atoms with E-state index in [-0.39, 0.29) is 29.7 Å². The van der Waals surface area contributed by atoms with Gasteiger partial charge in [0.15, 0.2) is 0 Å². The lowest BCUT2D eigenvalue weighted by molar-refractivity contribution is -0.137. The van der Waals surface area contributed by atoms with Crippen LogP contribution in [0.2, 0.25) is 0 Å². The van der Waals surface area contributed by atoms with Gasteiger partial charge in [-0.25, -0.2) is 8.78 Å². The maximum absolute atomic E-state index is 13.6. The first-order chi connectivity index (χ1) is 8.77. The molecule has 1 aromatic carbocycles. The summed E-state index contributed by atoms with van der Waals surface area (Å²) >= 11 is 0. The standard InChI is InChI=1S/C13H17F2NO3/c1-13(14,15)8-4-3-5-10(19-2)12(8)9(16)6-7-11(17)18/h3-5,9H,6-7,16H2,1-2H3,(H,17,18). The van der Waals surface area contributed by atoms with Crippen LogP contribution in [0, 0.1) is 0 Å². The number of benzene rings is 1. The van der Waals surface area contributed by atoms with Crippen molar-refractivity contribution < 1.29 is 23.4 Å². The Morgan fingerprint density at radius 3 is 2.63 bits per heavy atom. The average Bonchev–Trinajstić information content (AvgIpc) is 2.33. The molecule has 0 spiro atoms. The van der Waals surface area contributed by atoms with E-state index in [9.17, 15) is 13.6 Å². The highest BCUT2D eigenvalue weighted by molar-refractivity contribution is 5.66. The molecular weight excluding hydrogens is 256 g/mol. The van der Waals surface area contributed by atoms with Crippen molar-refractivity contribution in [2.24, 2.45) is 5.73 Å². The quantitative estimate of drug-likeness (QED) is 0.835. The molecule has 0 saturated heterocycles. The van der Waals surface area contributed by atoms with Gasteiger partial charge in [0.2, 0.25) is 0 Å². The van der Waals surface area contributed by atoms with Crippen LogP contribution < -0.4 is 10.5 Å². The number of methoxy groups -OCH3 is 1. The lowest BCUT2D eigenvalue weighted by atomic mass is 9.93. The van der Waals surface area contributed by atoms with Crippen molar-refractivity contribution >= 4 is 5.97 Å². The Morgan fingerprint density at radius 1 is 1.53 bits per heavy atom. The van der Waals surface area contributed by atoms with E-state index in [1.165, 1.54) is 25.3 Å². The number of nitrogens with two attached hydrogens (primary N) is 1. The number of hydrogen-bond acceptors (Lipinski definition) is 3. The second kappa shape index (κ2) is 5.97. The molecule has 0 fully saturated rings. The van der Waals surface area contributed by atoms with Gasteiger partial charge in [-0.05, 0) is 12.5 Å². The highest BCUT2D eigenvalue weighted by atomic mass is 19.3. The van der Waals surface area contributed by atoms with Gasteiger partial charge in [0.05, 0.1) is 7.11 Å². The fraction of sp³-hybridized carbons (Fsp3) is 0.462. The zero-order valence-corrected chi connectivity index (χ0v) is 10.8. The molecule has 1 atom stereocenters. The molecule has 1 aromatic rings. The molecule has 0 bridgehead atoms. The van der Waals surface area contributed by atoms with Crippen molar-refractivity contribution in [3.63, 3.8) is 0 Å². The first-order valence-electron chi connectivity index (χ1n) is 5.80. The molecule has 0 aliphatic rings. The smallest absolute Gasteiger partial charge is 0.303 e. The van der Waals surface area contributed by atoms with Crippen molar-refractivity contribution in [1.29, 1.82) is 0 Å². The minimum absolute atomic E-state index is 0.0682. The van der Waals surface area contributed by atoms with Crippen molar-refractivity contribution in [2.45, 2.75) is 31.7 Å². The summed E-state index contributed by atoms with van der Waals surface area (Å²) in [7, 11) is 1.36. The number of carboxylic acids is 1. The molecule has 3 N–H and O–H groups in total. The van der Waals surface area contributed by atoms with E-state index < -0.39 is 17.9 Å². The minimum atomic E-state index is -3.06. The van der Waals surface area contributed by atoms with Crippen LogP contribution in [0.3, 0.4) is 0 Å². The summed E-state index contributed by atoms with van der Waals surface area (Å²) in [6.07, 6.45) is -0.118. The zero-order chi connectivity index (χ0) is 14.6. The maximum Gasteiger partial charge on any atom is 0.303 e. The fourth-order valence-corrected chi connectivity index (χ4v) is 1.91. The summed E-state index contributed by atoms with van der Waals surface area (Å²) in [6, 6.07) is 3.45. The normalized spacial score (nSPS) is 13.1. The molecule has 0 saturated carbocycles. The van der Waals surface area contributed by atoms with Crippen molar-refractivity contribution in [2.75, 3.05) is 7.11 Å². The fourth-order valence-electron chi connectivity index (χ4n) is 1.91. The average molecular weight is 273 g/mol. The van der Waals surface area contributed by atoms with Gasteiger partial charge in [-0.3, -0.25) is 4.79 Å². The van der Waals surface area contributed by atoms with Crippen LogP contribution in [0.1, 0.15) is 36.9 Å². The third-order valence-electron chi connectivity index (χ3n) is 2.80. The number of hydrogen-bond donors (Lipinski definition) is 2. The summed E-state index contributed by atoms with van der Waals surface area (Å²) < 4.78 is 32.2. The molecule has 4 nitrogen and oxygen atoms in total. The summed E-state index contributed by atoms with van der Waals surface area (Å²) in [4.78, 5) is 10.5. The maximum atomic E-state index is 13.6. The Kier molecular flexibility index (Phi) is 4.83. The summed E-state index contributed by atoms with van der Waals surface area (Å²) in [6.45, 7) is 0.773. The number of halogens is 2. The monoisotopic (exact) mass is 273 g/mol. The number of alkyl halides is 2. The number of ether oxygens (including phenoxy) is 1. The van der Waals surface area contributed by atoms with Crippen LogP contribution in [0.5, 0.6) is 5.75 Å². The van der Waals surface area contributed by atoms with Crippen molar-refractivity contribution in [3.05, 3.63) is 29.3 Å². The molecule has 0 aromatic heterocycles. The molecule has 0 aliphatic heterocycles. The van der Waals surface area contributed by atoms with E-state index in [0.29, 0.717) is 0 Å². The Labute approximate surface area is 110 Å². The Hall–Kier alpha value is -1.69. The summed E-state index contributed by atoms with van der Waals surface area (Å²) in [5.41, 5.74) is 5.77. The predicted octanol–water partition coefficient (Wildman–Crippen LogP) is 2.67. The molecule has 0 amide bonds. The summed E-state index contributed by atoms with van der Waals surface area (Å²) in [5.74, 6) is -3.84. The third-order valence-corrected chi connectivity index (χ3v) is 2.80. The molecule has 0 heterocycles. The highest BCUT2D eigenvalue weighted by Crippen LogP contribution is 2.38. The number of carbonyl (C=O) groups is 1. The van der Waals surface area contributed by atoms with E-state index in [4.69, 9.17) is 15.6 Å². The second-order valence-corrected chi connectivity index (χ2v) is 4.35. The van der Waals surface area contributed by atoms with E-state index in [0.717, 1.165) is 6.92 Å². The molecule has 0 aliphatic carbocycles. The van der Waals surface area contributed by atoms with Crippen LogP contribution in [0.4, 0.5) is 8.78 Å². The van der Waals surface area contributed by atoms with Crippen molar-refractivity contribution in [3.8, 4) is 5.75 Å². The van der Waals surface area contributed by atoms with E-state index >= 15 is 0 Å². The summed E-state index contributed by atoms with van der Waals surface area (Å²) in [5, 5.41) is 8.63.